The van der Waals surface area contributed by atoms with Crippen LogP contribution < -0.4 is 0 Å². The Morgan fingerprint density at radius 2 is 2.06 bits per heavy atom. The lowest BCUT2D eigenvalue weighted by molar-refractivity contribution is 0.242. The first-order valence-electron chi connectivity index (χ1n) is 5.85. The molecule has 17 heavy (non-hydrogen) atoms. The summed E-state index contributed by atoms with van der Waals surface area (Å²) in [7, 11) is 0. The highest BCUT2D eigenvalue weighted by Crippen LogP contribution is 2.28. The summed E-state index contributed by atoms with van der Waals surface area (Å²) in [5.41, 5.74) is 1.20. The molecule has 0 N–H and O–H groups in total. The zero-order valence-electron chi connectivity index (χ0n) is 9.80. The van der Waals surface area contributed by atoms with Crippen LogP contribution in [-0.4, -0.2) is 23.4 Å². The smallest absolute Gasteiger partial charge is 0.0595 e. The Balaban J connectivity index is 2.07. The van der Waals surface area contributed by atoms with Crippen LogP contribution in [-0.2, 0) is 6.54 Å². The maximum Gasteiger partial charge on any atom is 0.0595 e. The number of benzene rings is 1. The van der Waals surface area contributed by atoms with Crippen LogP contribution in [0.4, 0.5) is 0 Å². The molecular formula is C13H16Cl3N. The van der Waals surface area contributed by atoms with Gasteiger partial charge in [-0.05, 0) is 36.6 Å². The molecule has 2 atom stereocenters. The van der Waals surface area contributed by atoms with E-state index in [9.17, 15) is 0 Å². The van der Waals surface area contributed by atoms with Crippen LogP contribution in [0.2, 0.25) is 10.0 Å². The highest BCUT2D eigenvalue weighted by atomic mass is 35.5. The molecule has 0 saturated carbocycles. The van der Waals surface area contributed by atoms with Gasteiger partial charge in [0.15, 0.2) is 0 Å². The van der Waals surface area contributed by atoms with Crippen LogP contribution in [0.1, 0.15) is 18.9 Å². The maximum absolute atomic E-state index is 6.03. The third-order valence-electron chi connectivity index (χ3n) is 3.53. The van der Waals surface area contributed by atoms with Crippen molar-refractivity contribution < 1.29 is 0 Å². The Morgan fingerprint density at radius 1 is 1.29 bits per heavy atom. The van der Waals surface area contributed by atoms with Gasteiger partial charge in [0, 0.05) is 18.5 Å². The summed E-state index contributed by atoms with van der Waals surface area (Å²) in [5.74, 6) is 1.37. The molecule has 1 aromatic rings. The number of alkyl halides is 1. The first-order chi connectivity index (χ1) is 8.11. The molecule has 2 unspecified atom stereocenters. The van der Waals surface area contributed by atoms with Crippen molar-refractivity contribution in [2.24, 2.45) is 5.92 Å². The highest BCUT2D eigenvalue weighted by Gasteiger charge is 2.30. The molecule has 0 amide bonds. The summed E-state index contributed by atoms with van der Waals surface area (Å²) in [4.78, 5) is 2.43. The lowest BCUT2D eigenvalue weighted by Crippen LogP contribution is -2.33. The lowest BCUT2D eigenvalue weighted by Gasteiger charge is -2.25. The molecule has 0 aromatic heterocycles. The van der Waals surface area contributed by atoms with E-state index in [1.54, 1.807) is 0 Å². The number of hydrogen-bond donors (Lipinski definition) is 0. The van der Waals surface area contributed by atoms with E-state index >= 15 is 0 Å². The van der Waals surface area contributed by atoms with Gasteiger partial charge in [0.1, 0.15) is 0 Å². The van der Waals surface area contributed by atoms with E-state index in [1.807, 2.05) is 18.2 Å². The molecule has 1 nitrogen and oxygen atoms in total. The molecule has 4 heteroatoms. The minimum absolute atomic E-state index is 0.478. The molecular weight excluding hydrogens is 277 g/mol. The molecule has 1 fully saturated rings. The molecule has 1 saturated heterocycles. The van der Waals surface area contributed by atoms with Crippen LogP contribution in [0.15, 0.2) is 18.2 Å². The molecule has 1 heterocycles. The van der Waals surface area contributed by atoms with Crippen molar-refractivity contribution in [3.63, 3.8) is 0 Å². The van der Waals surface area contributed by atoms with Crippen molar-refractivity contribution in [3.8, 4) is 0 Å². The maximum atomic E-state index is 6.03. The first kappa shape index (κ1) is 13.5. The fraction of sp³-hybridized carbons (Fsp3) is 0.538. The molecule has 1 aliphatic heterocycles. The van der Waals surface area contributed by atoms with Gasteiger partial charge in [-0.25, -0.2) is 0 Å². The topological polar surface area (TPSA) is 3.24 Å². The number of rotatable bonds is 3. The van der Waals surface area contributed by atoms with Gasteiger partial charge in [-0.15, -0.1) is 11.6 Å². The Bertz CT molecular complexity index is 394. The number of nitrogens with zero attached hydrogens (tertiary/aromatic N) is 1. The van der Waals surface area contributed by atoms with E-state index in [4.69, 9.17) is 34.8 Å². The molecule has 94 valence electrons. The highest BCUT2D eigenvalue weighted by molar-refractivity contribution is 6.42. The van der Waals surface area contributed by atoms with Gasteiger partial charge in [0.2, 0.25) is 0 Å². The van der Waals surface area contributed by atoms with Gasteiger partial charge in [-0.3, -0.25) is 4.90 Å². The van der Waals surface area contributed by atoms with Crippen LogP contribution >= 0.6 is 34.8 Å². The number of halogens is 3. The third kappa shape index (κ3) is 3.08. The first-order valence-corrected chi connectivity index (χ1v) is 7.15. The van der Waals surface area contributed by atoms with Gasteiger partial charge in [0.05, 0.1) is 10.0 Å². The lowest BCUT2D eigenvalue weighted by atomic mass is 10.0. The SMILES string of the molecule is CC1CCN(Cc2ccc(Cl)c(Cl)c2)C1CCl. The summed E-state index contributed by atoms with van der Waals surface area (Å²) >= 11 is 18.0. The molecule has 2 rings (SSSR count). The second-order valence-corrected chi connectivity index (χ2v) is 5.83. The average Bonchev–Trinajstić information content (AvgIpc) is 2.64. The van der Waals surface area contributed by atoms with Crippen LogP contribution in [0.25, 0.3) is 0 Å². The van der Waals surface area contributed by atoms with Crippen LogP contribution in [0.5, 0.6) is 0 Å². The predicted octanol–water partition coefficient (Wildman–Crippen LogP) is 4.44. The van der Waals surface area contributed by atoms with Crippen molar-refractivity contribution in [1.29, 1.82) is 0 Å². The summed E-state index contributed by atoms with van der Waals surface area (Å²) in [6.07, 6.45) is 1.22. The molecule has 0 aliphatic carbocycles. The monoisotopic (exact) mass is 291 g/mol. The normalized spacial score (nSPS) is 25.4. The van der Waals surface area contributed by atoms with Gasteiger partial charge >= 0.3 is 0 Å². The van der Waals surface area contributed by atoms with Crippen molar-refractivity contribution in [2.75, 3.05) is 12.4 Å². The second kappa shape index (κ2) is 5.79. The molecule has 1 aromatic carbocycles. The summed E-state index contributed by atoms with van der Waals surface area (Å²) in [6, 6.07) is 6.31. The quantitative estimate of drug-likeness (QED) is 0.744. The summed E-state index contributed by atoms with van der Waals surface area (Å²) < 4.78 is 0. The van der Waals surface area contributed by atoms with E-state index in [-0.39, 0.29) is 0 Å². The molecule has 0 radical (unpaired) electrons. The van der Waals surface area contributed by atoms with E-state index in [0.29, 0.717) is 27.9 Å². The summed E-state index contributed by atoms with van der Waals surface area (Å²) in [6.45, 7) is 4.28. The van der Waals surface area contributed by atoms with Crippen molar-refractivity contribution in [3.05, 3.63) is 33.8 Å². The largest absolute Gasteiger partial charge is 0.295 e. The van der Waals surface area contributed by atoms with Crippen LogP contribution in [0, 0.1) is 5.92 Å². The van der Waals surface area contributed by atoms with E-state index in [1.165, 1.54) is 12.0 Å². The standard InChI is InChI=1S/C13H16Cl3N/c1-9-4-5-17(13(9)7-14)8-10-2-3-11(15)12(16)6-10/h2-3,6,9,13H,4-5,7-8H2,1H3. The van der Waals surface area contributed by atoms with Crippen molar-refractivity contribution in [2.45, 2.75) is 25.9 Å². The van der Waals surface area contributed by atoms with E-state index in [2.05, 4.69) is 11.8 Å². The van der Waals surface area contributed by atoms with Gasteiger partial charge in [-0.1, -0.05) is 36.2 Å². The van der Waals surface area contributed by atoms with E-state index in [0.717, 1.165) is 13.1 Å². The minimum atomic E-state index is 0.478. The van der Waals surface area contributed by atoms with Crippen molar-refractivity contribution in [1.82, 2.24) is 4.90 Å². The van der Waals surface area contributed by atoms with E-state index < -0.39 is 0 Å². The molecule has 1 aliphatic rings. The summed E-state index contributed by atoms with van der Waals surface area (Å²) in [5, 5.41) is 1.23. The molecule has 0 bridgehead atoms. The Kier molecular flexibility index (Phi) is 4.59. The van der Waals surface area contributed by atoms with Gasteiger partial charge < -0.3 is 0 Å². The third-order valence-corrected chi connectivity index (χ3v) is 4.58. The molecule has 0 spiro atoms. The van der Waals surface area contributed by atoms with Gasteiger partial charge in [-0.2, -0.15) is 0 Å². The Labute approximate surface area is 118 Å². The predicted molar refractivity (Wildman–Crippen MR) is 75.2 cm³/mol. The van der Waals surface area contributed by atoms with Crippen molar-refractivity contribution >= 4 is 34.8 Å². The number of hydrogen-bond acceptors (Lipinski definition) is 1. The average molecular weight is 293 g/mol. The Morgan fingerprint density at radius 3 is 2.71 bits per heavy atom. The van der Waals surface area contributed by atoms with Gasteiger partial charge in [0.25, 0.3) is 0 Å². The minimum Gasteiger partial charge on any atom is -0.295 e. The number of likely N-dealkylation sites (tertiary alicyclic amines) is 1. The second-order valence-electron chi connectivity index (χ2n) is 4.71. The zero-order valence-corrected chi connectivity index (χ0v) is 12.1. The van der Waals surface area contributed by atoms with Crippen LogP contribution in [0.3, 0.4) is 0 Å². The fourth-order valence-electron chi connectivity index (χ4n) is 2.41. The Hall–Kier alpha value is 0.0500. The zero-order chi connectivity index (χ0) is 12.4. The fourth-order valence-corrected chi connectivity index (χ4v) is 3.23.